The Morgan fingerprint density at radius 1 is 1.09 bits per heavy atom. The highest BCUT2D eigenvalue weighted by atomic mass is 15.3. The molecule has 0 amide bonds. The molecule has 9 nitrogen and oxygen atoms in total. The first-order valence-corrected chi connectivity index (χ1v) is 11.7. The van der Waals surface area contributed by atoms with Crippen LogP contribution in [-0.2, 0) is 13.0 Å². The van der Waals surface area contributed by atoms with Crippen LogP contribution in [0.1, 0.15) is 25.0 Å². The molecule has 1 aliphatic heterocycles. The van der Waals surface area contributed by atoms with Crippen LogP contribution in [-0.4, -0.2) is 67.8 Å². The second-order valence-corrected chi connectivity index (χ2v) is 8.67. The van der Waals surface area contributed by atoms with Crippen molar-refractivity contribution in [1.29, 1.82) is 0 Å². The smallest absolute Gasteiger partial charge is 0.220 e. The summed E-state index contributed by atoms with van der Waals surface area (Å²) in [6.45, 7) is 5.30. The van der Waals surface area contributed by atoms with Crippen molar-refractivity contribution in [3.05, 3.63) is 42.6 Å². The highest BCUT2D eigenvalue weighted by molar-refractivity contribution is 5.95. The molecule has 4 N–H and O–H groups in total. The summed E-state index contributed by atoms with van der Waals surface area (Å²) in [4.78, 5) is 19.3. The zero-order chi connectivity index (χ0) is 22.6. The molecule has 1 fully saturated rings. The van der Waals surface area contributed by atoms with Gasteiger partial charge in [0.25, 0.3) is 0 Å². The number of nitrogens with zero attached hydrogens (tertiary/aromatic N) is 6. The van der Waals surface area contributed by atoms with E-state index in [1.54, 1.807) is 0 Å². The molecule has 0 bridgehead atoms. The van der Waals surface area contributed by atoms with Gasteiger partial charge in [-0.25, -0.2) is 15.0 Å². The van der Waals surface area contributed by atoms with Crippen molar-refractivity contribution in [2.24, 2.45) is 0 Å². The van der Waals surface area contributed by atoms with Crippen LogP contribution >= 0.6 is 0 Å². The Hall–Kier alpha value is -3.30. The predicted molar refractivity (Wildman–Crippen MR) is 131 cm³/mol. The molecule has 172 valence electrons. The zero-order valence-corrected chi connectivity index (χ0v) is 19.1. The number of H-pyrrole nitrogens is 1. The van der Waals surface area contributed by atoms with Crippen LogP contribution in [0, 0.1) is 0 Å². The fraction of sp³-hybridized carbons (Fsp3) is 0.417. The van der Waals surface area contributed by atoms with Crippen LogP contribution in [0.2, 0.25) is 0 Å². The summed E-state index contributed by atoms with van der Waals surface area (Å²) in [5.74, 6) is 0.296. The van der Waals surface area contributed by atoms with Crippen LogP contribution in [0.4, 0.5) is 5.95 Å². The predicted octanol–water partition coefficient (Wildman–Crippen LogP) is 2.71. The van der Waals surface area contributed by atoms with E-state index in [-0.39, 0.29) is 0 Å². The van der Waals surface area contributed by atoms with E-state index in [4.69, 9.17) is 5.73 Å². The van der Waals surface area contributed by atoms with Crippen LogP contribution in [0.15, 0.2) is 36.9 Å². The second-order valence-electron chi connectivity index (χ2n) is 8.67. The Balaban J connectivity index is 1.39. The maximum absolute atomic E-state index is 6.03. The third-order valence-electron chi connectivity index (χ3n) is 6.27. The average molecular weight is 446 g/mol. The summed E-state index contributed by atoms with van der Waals surface area (Å²) in [6.07, 6.45) is 12.3. The van der Waals surface area contributed by atoms with Crippen molar-refractivity contribution in [2.75, 3.05) is 39.0 Å². The molecule has 0 saturated carbocycles. The van der Waals surface area contributed by atoms with Gasteiger partial charge >= 0.3 is 0 Å². The minimum atomic E-state index is 0.296. The lowest BCUT2D eigenvalue weighted by Gasteiger charge is -2.13. The highest BCUT2D eigenvalue weighted by Gasteiger charge is 2.14. The summed E-state index contributed by atoms with van der Waals surface area (Å²) in [6, 6.07) is 4.17. The molecule has 4 aromatic rings. The third-order valence-corrected chi connectivity index (χ3v) is 6.27. The van der Waals surface area contributed by atoms with Gasteiger partial charge in [0.2, 0.25) is 5.95 Å². The van der Waals surface area contributed by atoms with Crippen LogP contribution in [0.3, 0.4) is 0 Å². The number of hydrogen-bond donors (Lipinski definition) is 3. The Morgan fingerprint density at radius 2 is 1.97 bits per heavy atom. The van der Waals surface area contributed by atoms with Crippen molar-refractivity contribution >= 4 is 17.0 Å². The summed E-state index contributed by atoms with van der Waals surface area (Å²) in [5, 5.41) is 8.75. The largest absolute Gasteiger partial charge is 0.368 e. The molecule has 0 radical (unpaired) electrons. The minimum absolute atomic E-state index is 0.296. The molecule has 0 atom stereocenters. The first-order valence-electron chi connectivity index (χ1n) is 11.7. The number of pyridine rings is 1. The van der Waals surface area contributed by atoms with Crippen molar-refractivity contribution in [3.8, 4) is 22.4 Å². The number of nitrogen functional groups attached to an aromatic ring is 1. The molecule has 0 unspecified atom stereocenters. The van der Waals surface area contributed by atoms with Gasteiger partial charge < -0.3 is 20.9 Å². The van der Waals surface area contributed by atoms with Crippen LogP contribution < -0.4 is 11.1 Å². The summed E-state index contributed by atoms with van der Waals surface area (Å²) < 4.78 is 2.03. The number of aromatic amines is 1. The number of aromatic nitrogens is 6. The van der Waals surface area contributed by atoms with E-state index in [0.29, 0.717) is 5.95 Å². The monoisotopic (exact) mass is 445 g/mol. The van der Waals surface area contributed by atoms with Crippen molar-refractivity contribution in [3.63, 3.8) is 0 Å². The van der Waals surface area contributed by atoms with Crippen molar-refractivity contribution in [2.45, 2.75) is 32.2 Å². The Morgan fingerprint density at radius 3 is 2.82 bits per heavy atom. The Kier molecular flexibility index (Phi) is 6.32. The lowest BCUT2D eigenvalue weighted by Crippen LogP contribution is -2.24. The molecular weight excluding hydrogens is 414 g/mol. The quantitative estimate of drug-likeness (QED) is 0.339. The van der Waals surface area contributed by atoms with E-state index in [1.165, 1.54) is 25.9 Å². The second kappa shape index (κ2) is 9.68. The highest BCUT2D eigenvalue weighted by Crippen LogP contribution is 2.30. The van der Waals surface area contributed by atoms with E-state index < -0.39 is 0 Å². The van der Waals surface area contributed by atoms with Crippen LogP contribution in [0.25, 0.3) is 33.4 Å². The Labute approximate surface area is 193 Å². The minimum Gasteiger partial charge on any atom is -0.368 e. The molecule has 5 rings (SSSR count). The van der Waals surface area contributed by atoms with E-state index in [0.717, 1.165) is 71.6 Å². The average Bonchev–Trinajstić information content (AvgIpc) is 3.58. The standard InChI is InChI=1S/C24H31N9/c1-26-6-4-5-19-12-22(31-24(25)30-19)21-15-28-23-20(21)11-17(13-27-23)18-14-29-33(16-18)10-9-32-7-2-3-8-32/h11-16,26H,2-10H2,1H3,(H,27,28)(H2,25,30,31). The SMILES string of the molecule is CNCCCc1cc(-c2c[nH]c3ncc(-c4cnn(CCN5CCCC5)c4)cc23)nc(N)n1. The lowest BCUT2D eigenvalue weighted by atomic mass is 10.1. The first-order chi connectivity index (χ1) is 16.2. The number of nitrogens with two attached hydrogens (primary N) is 1. The topological polar surface area (TPSA) is 114 Å². The molecule has 9 heteroatoms. The van der Waals surface area contributed by atoms with Crippen molar-refractivity contribution < 1.29 is 0 Å². The van der Waals surface area contributed by atoms with Gasteiger partial charge in [0.15, 0.2) is 0 Å². The number of nitrogens with one attached hydrogen (secondary N) is 2. The number of anilines is 1. The summed E-state index contributed by atoms with van der Waals surface area (Å²) in [7, 11) is 1.95. The fourth-order valence-corrected chi connectivity index (χ4v) is 4.49. The summed E-state index contributed by atoms with van der Waals surface area (Å²) >= 11 is 0. The van der Waals surface area contributed by atoms with Gasteiger partial charge in [-0.2, -0.15) is 5.10 Å². The fourth-order valence-electron chi connectivity index (χ4n) is 4.49. The van der Waals surface area contributed by atoms with E-state index in [2.05, 4.69) is 47.5 Å². The molecule has 0 spiro atoms. The number of rotatable bonds is 9. The molecule has 4 aromatic heterocycles. The maximum Gasteiger partial charge on any atom is 0.220 e. The number of aryl methyl sites for hydroxylation is 1. The Bertz CT molecular complexity index is 1220. The number of fused-ring (bicyclic) bond motifs is 1. The first kappa shape index (κ1) is 21.5. The van der Waals surface area contributed by atoms with Gasteiger partial charge in [-0.15, -0.1) is 0 Å². The third kappa shape index (κ3) is 4.89. The molecule has 0 aromatic carbocycles. The lowest BCUT2D eigenvalue weighted by molar-refractivity contribution is 0.316. The number of likely N-dealkylation sites (tertiary alicyclic amines) is 1. The van der Waals surface area contributed by atoms with Gasteiger partial charge in [-0.3, -0.25) is 4.68 Å². The van der Waals surface area contributed by atoms with Crippen molar-refractivity contribution in [1.82, 2.24) is 39.9 Å². The maximum atomic E-state index is 6.03. The van der Waals surface area contributed by atoms with Gasteiger partial charge in [-0.1, -0.05) is 0 Å². The molecule has 5 heterocycles. The molecule has 1 aliphatic rings. The molecule has 0 aliphatic carbocycles. The van der Waals surface area contributed by atoms with Gasteiger partial charge in [-0.05, 0) is 64.5 Å². The normalized spacial score (nSPS) is 14.5. The van der Waals surface area contributed by atoms with E-state index in [1.807, 2.05) is 36.4 Å². The zero-order valence-electron chi connectivity index (χ0n) is 19.1. The van der Waals surface area contributed by atoms with Gasteiger partial charge in [0, 0.05) is 52.9 Å². The molecule has 1 saturated heterocycles. The van der Waals surface area contributed by atoms with E-state index in [9.17, 15) is 0 Å². The summed E-state index contributed by atoms with van der Waals surface area (Å²) in [5.41, 5.74) is 11.7. The van der Waals surface area contributed by atoms with Crippen LogP contribution in [0.5, 0.6) is 0 Å². The van der Waals surface area contributed by atoms with Gasteiger partial charge in [0.05, 0.1) is 18.4 Å². The number of hydrogen-bond acceptors (Lipinski definition) is 7. The molecular formula is C24H31N9. The van der Waals surface area contributed by atoms with E-state index >= 15 is 0 Å². The molecule has 33 heavy (non-hydrogen) atoms. The van der Waals surface area contributed by atoms with Gasteiger partial charge in [0.1, 0.15) is 5.65 Å².